The number of fused-ring (bicyclic) bond motifs is 1. The molecule has 4 aromatic rings. The molecule has 0 bridgehead atoms. The summed E-state index contributed by atoms with van der Waals surface area (Å²) in [7, 11) is 0. The van der Waals surface area contributed by atoms with Gasteiger partial charge in [-0.2, -0.15) is 5.10 Å². The van der Waals surface area contributed by atoms with Gasteiger partial charge in [-0.15, -0.1) is 11.3 Å². The Morgan fingerprint density at radius 3 is 2.96 bits per heavy atom. The molecule has 4 rings (SSSR count). The van der Waals surface area contributed by atoms with Gasteiger partial charge in [0.1, 0.15) is 35.9 Å². The summed E-state index contributed by atoms with van der Waals surface area (Å²) in [5.74, 6) is 0.481. The predicted octanol–water partition coefficient (Wildman–Crippen LogP) is 2.85. The zero-order chi connectivity index (χ0) is 16.5. The van der Waals surface area contributed by atoms with Crippen molar-refractivity contribution in [3.8, 4) is 10.6 Å². The molecule has 0 aliphatic rings. The van der Waals surface area contributed by atoms with Crippen molar-refractivity contribution in [1.82, 2.24) is 24.1 Å². The van der Waals surface area contributed by atoms with E-state index in [1.807, 2.05) is 46.3 Å². The molecule has 0 fully saturated rings. The first kappa shape index (κ1) is 14.6. The number of anilines is 1. The minimum absolute atomic E-state index is 0.177. The Bertz CT molecular complexity index is 974. The van der Waals surface area contributed by atoms with Crippen LogP contribution in [0.5, 0.6) is 0 Å². The van der Waals surface area contributed by atoms with Crippen molar-refractivity contribution in [2.24, 2.45) is 0 Å². The van der Waals surface area contributed by atoms with Gasteiger partial charge in [0.05, 0.1) is 4.88 Å². The highest BCUT2D eigenvalue weighted by Crippen LogP contribution is 2.32. The van der Waals surface area contributed by atoms with Gasteiger partial charge in [-0.1, -0.05) is 12.1 Å². The molecule has 8 heteroatoms. The third-order valence-corrected chi connectivity index (χ3v) is 4.62. The van der Waals surface area contributed by atoms with Crippen LogP contribution >= 0.6 is 11.3 Å². The summed E-state index contributed by atoms with van der Waals surface area (Å²) in [6, 6.07) is 9.22. The fraction of sp³-hybridized carbons (Fsp3) is 0.125. The number of hydrogen-bond acceptors (Lipinski definition) is 5. The summed E-state index contributed by atoms with van der Waals surface area (Å²) in [6.45, 7) is 1.78. The van der Waals surface area contributed by atoms with E-state index in [1.165, 1.54) is 17.3 Å². The van der Waals surface area contributed by atoms with E-state index in [0.29, 0.717) is 5.82 Å². The minimum atomic E-state index is -0.474. The largest absolute Gasteiger partial charge is 0.308 e. The monoisotopic (exact) mass is 338 g/mol. The van der Waals surface area contributed by atoms with E-state index in [2.05, 4.69) is 20.4 Å². The summed E-state index contributed by atoms with van der Waals surface area (Å²) >= 11 is 1.58. The van der Waals surface area contributed by atoms with Gasteiger partial charge in [0.2, 0.25) is 5.91 Å². The highest BCUT2D eigenvalue weighted by atomic mass is 32.1. The Kier molecular flexibility index (Phi) is 3.58. The van der Waals surface area contributed by atoms with Gasteiger partial charge >= 0.3 is 0 Å². The van der Waals surface area contributed by atoms with Gasteiger partial charge in [-0.05, 0) is 30.5 Å². The summed E-state index contributed by atoms with van der Waals surface area (Å²) < 4.78 is 3.39. The van der Waals surface area contributed by atoms with E-state index < -0.39 is 6.04 Å². The summed E-state index contributed by atoms with van der Waals surface area (Å²) in [4.78, 5) is 22.2. The van der Waals surface area contributed by atoms with Crippen LogP contribution < -0.4 is 5.32 Å². The third-order valence-electron chi connectivity index (χ3n) is 3.74. The Balaban J connectivity index is 1.75. The molecule has 1 atom stereocenters. The molecule has 7 nitrogen and oxygen atoms in total. The molecule has 24 heavy (non-hydrogen) atoms. The van der Waals surface area contributed by atoms with Crippen LogP contribution in [0, 0.1) is 0 Å². The molecule has 1 unspecified atom stereocenters. The molecule has 120 valence electrons. The smallest absolute Gasteiger partial charge is 0.250 e. The second kappa shape index (κ2) is 5.89. The van der Waals surface area contributed by atoms with Crippen molar-refractivity contribution in [1.29, 1.82) is 0 Å². The average molecular weight is 338 g/mol. The quantitative estimate of drug-likeness (QED) is 0.621. The zero-order valence-electron chi connectivity index (χ0n) is 12.8. The van der Waals surface area contributed by atoms with Gasteiger partial charge in [-0.3, -0.25) is 9.20 Å². The summed E-state index contributed by atoms with van der Waals surface area (Å²) in [6.07, 6.45) is 4.82. The number of imidazole rings is 1. The van der Waals surface area contributed by atoms with Crippen LogP contribution in [0.15, 0.2) is 54.6 Å². The van der Waals surface area contributed by atoms with Crippen molar-refractivity contribution in [3.63, 3.8) is 0 Å². The number of aromatic nitrogens is 5. The number of hydrogen-bond donors (Lipinski definition) is 1. The standard InChI is InChI=1S/C16H14N6OS/c1-11(22-10-17-9-18-22)16(23)20-15-14(12-5-4-8-24-12)19-13-6-2-3-7-21(13)15/h2-11H,1H3,(H,20,23). The van der Waals surface area contributed by atoms with Gasteiger partial charge in [0, 0.05) is 6.20 Å². The van der Waals surface area contributed by atoms with Crippen LogP contribution in [0.25, 0.3) is 16.2 Å². The Morgan fingerprint density at radius 1 is 1.29 bits per heavy atom. The minimum Gasteiger partial charge on any atom is -0.308 e. The molecular formula is C16H14N6OS. The third kappa shape index (κ3) is 2.46. The Morgan fingerprint density at radius 2 is 2.21 bits per heavy atom. The van der Waals surface area contributed by atoms with Gasteiger partial charge in [-0.25, -0.2) is 14.6 Å². The molecule has 0 aliphatic carbocycles. The van der Waals surface area contributed by atoms with E-state index in [0.717, 1.165) is 16.2 Å². The topological polar surface area (TPSA) is 77.1 Å². The van der Waals surface area contributed by atoms with Crippen molar-refractivity contribution in [2.45, 2.75) is 13.0 Å². The fourth-order valence-electron chi connectivity index (χ4n) is 2.46. The maximum Gasteiger partial charge on any atom is 0.250 e. The molecule has 0 radical (unpaired) electrons. The first-order valence-electron chi connectivity index (χ1n) is 7.40. The van der Waals surface area contributed by atoms with E-state index >= 15 is 0 Å². The van der Waals surface area contributed by atoms with Crippen LogP contribution in [0.3, 0.4) is 0 Å². The van der Waals surface area contributed by atoms with Crippen molar-refractivity contribution >= 4 is 28.7 Å². The van der Waals surface area contributed by atoms with E-state index in [9.17, 15) is 4.79 Å². The molecule has 1 amide bonds. The molecule has 4 aromatic heterocycles. The number of carbonyl (C=O) groups excluding carboxylic acids is 1. The number of nitrogens with zero attached hydrogens (tertiary/aromatic N) is 5. The van der Waals surface area contributed by atoms with Crippen molar-refractivity contribution in [3.05, 3.63) is 54.6 Å². The second-order valence-corrected chi connectivity index (χ2v) is 6.20. The SMILES string of the molecule is CC(C(=O)Nc1c(-c2cccs2)nc2ccccn12)n1cncn1. The van der Waals surface area contributed by atoms with Gasteiger partial charge < -0.3 is 5.32 Å². The van der Waals surface area contributed by atoms with Gasteiger partial charge in [0.25, 0.3) is 0 Å². The number of rotatable bonds is 4. The van der Waals surface area contributed by atoms with Crippen LogP contribution in [0.2, 0.25) is 0 Å². The van der Waals surface area contributed by atoms with Crippen LogP contribution in [-0.2, 0) is 4.79 Å². The van der Waals surface area contributed by atoms with E-state index in [-0.39, 0.29) is 5.91 Å². The maximum absolute atomic E-state index is 12.6. The highest BCUT2D eigenvalue weighted by molar-refractivity contribution is 7.13. The lowest BCUT2D eigenvalue weighted by Gasteiger charge is -2.12. The number of nitrogens with one attached hydrogen (secondary N) is 1. The lowest BCUT2D eigenvalue weighted by Crippen LogP contribution is -2.24. The molecule has 1 N–H and O–H groups in total. The van der Waals surface area contributed by atoms with E-state index in [4.69, 9.17) is 0 Å². The predicted molar refractivity (Wildman–Crippen MR) is 91.9 cm³/mol. The second-order valence-electron chi connectivity index (χ2n) is 5.26. The number of pyridine rings is 1. The molecule has 4 heterocycles. The number of amides is 1. The number of carbonyl (C=O) groups is 1. The Hall–Kier alpha value is -3.00. The molecule has 0 saturated carbocycles. The molecule has 0 spiro atoms. The van der Waals surface area contributed by atoms with Crippen LogP contribution in [0.4, 0.5) is 5.82 Å². The lowest BCUT2D eigenvalue weighted by molar-refractivity contribution is -0.119. The average Bonchev–Trinajstić information content (AvgIpc) is 3.35. The molecule has 0 saturated heterocycles. The van der Waals surface area contributed by atoms with Crippen molar-refractivity contribution < 1.29 is 4.79 Å². The van der Waals surface area contributed by atoms with Gasteiger partial charge in [0.15, 0.2) is 0 Å². The van der Waals surface area contributed by atoms with Crippen LogP contribution in [0.1, 0.15) is 13.0 Å². The van der Waals surface area contributed by atoms with Crippen LogP contribution in [-0.4, -0.2) is 30.1 Å². The highest BCUT2D eigenvalue weighted by Gasteiger charge is 2.21. The summed E-state index contributed by atoms with van der Waals surface area (Å²) in [5.41, 5.74) is 1.54. The first-order chi connectivity index (χ1) is 11.7. The first-order valence-corrected chi connectivity index (χ1v) is 8.28. The lowest BCUT2D eigenvalue weighted by atomic mass is 10.3. The molecule has 0 aliphatic heterocycles. The number of thiophene rings is 1. The molecular weight excluding hydrogens is 324 g/mol. The molecule has 0 aromatic carbocycles. The normalized spacial score (nSPS) is 12.4. The maximum atomic E-state index is 12.6. The van der Waals surface area contributed by atoms with E-state index in [1.54, 1.807) is 18.3 Å². The fourth-order valence-corrected chi connectivity index (χ4v) is 3.17. The van der Waals surface area contributed by atoms with Crippen molar-refractivity contribution in [2.75, 3.05) is 5.32 Å². The zero-order valence-corrected chi connectivity index (χ0v) is 13.6. The Labute approximate surface area is 141 Å². The summed E-state index contributed by atoms with van der Waals surface area (Å²) in [5, 5.41) is 9.00.